The second kappa shape index (κ2) is 9.77. The van der Waals surface area contributed by atoms with Gasteiger partial charge in [0.1, 0.15) is 6.10 Å². The smallest absolute Gasteiger partial charge is 0.407 e. The van der Waals surface area contributed by atoms with Crippen LogP contribution in [0.4, 0.5) is 4.79 Å². The van der Waals surface area contributed by atoms with Crippen molar-refractivity contribution in [2.75, 3.05) is 19.6 Å². The van der Waals surface area contributed by atoms with Crippen molar-refractivity contribution in [3.63, 3.8) is 0 Å². The molecule has 2 N–H and O–H groups in total. The molecule has 1 heterocycles. The highest BCUT2D eigenvalue weighted by Gasteiger charge is 2.65. The number of carbonyl (C=O) groups excluding carboxylic acids is 4. The minimum absolute atomic E-state index is 0.0279. The Morgan fingerprint density at radius 2 is 1.75 bits per heavy atom. The predicted octanol–water partition coefficient (Wildman–Crippen LogP) is 2.26. The zero-order valence-corrected chi connectivity index (χ0v) is 18.7. The lowest BCUT2D eigenvalue weighted by Crippen LogP contribution is -2.50. The number of likely N-dealkylation sites (tertiary alicyclic amines) is 1. The van der Waals surface area contributed by atoms with Crippen molar-refractivity contribution in [1.29, 1.82) is 0 Å². The van der Waals surface area contributed by atoms with E-state index in [0.29, 0.717) is 36.8 Å². The van der Waals surface area contributed by atoms with E-state index in [9.17, 15) is 24.4 Å². The fourth-order valence-electron chi connectivity index (χ4n) is 6.24. The molecule has 0 spiro atoms. The molecule has 1 aliphatic heterocycles. The van der Waals surface area contributed by atoms with Crippen LogP contribution in [0.3, 0.4) is 0 Å². The van der Waals surface area contributed by atoms with E-state index in [1.165, 1.54) is 0 Å². The van der Waals surface area contributed by atoms with Crippen LogP contribution in [0.2, 0.25) is 0 Å². The molecule has 32 heavy (non-hydrogen) atoms. The van der Waals surface area contributed by atoms with Gasteiger partial charge in [0.15, 0.2) is 5.78 Å². The molecule has 1 saturated heterocycles. The molecule has 178 valence electrons. The van der Waals surface area contributed by atoms with Gasteiger partial charge in [-0.25, -0.2) is 9.86 Å². The lowest BCUT2D eigenvalue weighted by molar-refractivity contribution is -0.160. The lowest BCUT2D eigenvalue weighted by atomic mass is 9.91. The van der Waals surface area contributed by atoms with Gasteiger partial charge in [-0.15, -0.1) is 0 Å². The number of alkyl carbamates (subject to hydrolysis) is 1. The van der Waals surface area contributed by atoms with E-state index in [1.54, 1.807) is 4.90 Å². The number of carbonyl (C=O) groups is 4. The summed E-state index contributed by atoms with van der Waals surface area (Å²) in [5.74, 6) is 0.231. The van der Waals surface area contributed by atoms with Gasteiger partial charge in [-0.1, -0.05) is 25.7 Å². The third-order valence-corrected chi connectivity index (χ3v) is 7.96. The number of hydrogen-bond donors (Lipinski definition) is 2. The molecule has 4 rings (SSSR count). The lowest BCUT2D eigenvalue weighted by Gasteiger charge is -2.30. The highest BCUT2D eigenvalue weighted by molar-refractivity contribution is 5.95. The maximum Gasteiger partial charge on any atom is 0.407 e. The predicted molar refractivity (Wildman–Crippen MR) is 114 cm³/mol. The summed E-state index contributed by atoms with van der Waals surface area (Å²) in [5, 5.41) is 13.0. The zero-order chi connectivity index (χ0) is 22.7. The molecule has 3 aliphatic carbocycles. The summed E-state index contributed by atoms with van der Waals surface area (Å²) in [6.45, 7) is 0.285. The van der Waals surface area contributed by atoms with Crippen LogP contribution in [0.25, 0.3) is 0 Å². The van der Waals surface area contributed by atoms with Crippen LogP contribution in [-0.4, -0.2) is 71.1 Å². The number of nitrogens with zero attached hydrogens (tertiary/aromatic N) is 2. The monoisotopic (exact) mass is 449 g/mol. The molecule has 3 amide bonds. The van der Waals surface area contributed by atoms with Gasteiger partial charge in [0.05, 0.1) is 24.5 Å². The fourth-order valence-corrected chi connectivity index (χ4v) is 6.24. The van der Waals surface area contributed by atoms with Gasteiger partial charge in [0, 0.05) is 6.54 Å². The van der Waals surface area contributed by atoms with Crippen LogP contribution in [-0.2, 0) is 19.1 Å². The average Bonchev–Trinajstić information content (AvgIpc) is 3.32. The van der Waals surface area contributed by atoms with Crippen molar-refractivity contribution in [2.24, 2.45) is 17.3 Å². The Bertz CT molecular complexity index is 733. The summed E-state index contributed by atoms with van der Waals surface area (Å²) in [4.78, 5) is 51.2. The number of rotatable bonds is 9. The second-order valence-electron chi connectivity index (χ2n) is 10.0. The number of hydrogen-bond acceptors (Lipinski definition) is 6. The van der Waals surface area contributed by atoms with Gasteiger partial charge in [0.25, 0.3) is 0 Å². The summed E-state index contributed by atoms with van der Waals surface area (Å²) >= 11 is 0. The van der Waals surface area contributed by atoms with Gasteiger partial charge >= 0.3 is 6.09 Å². The van der Waals surface area contributed by atoms with E-state index in [1.807, 2.05) is 0 Å². The average molecular weight is 450 g/mol. The third-order valence-electron chi connectivity index (χ3n) is 7.96. The number of ether oxygens (including phenoxy) is 1. The van der Waals surface area contributed by atoms with E-state index in [-0.39, 0.29) is 36.8 Å². The number of Topliss-reactive ketones (excluding diaryl/α,β-unsaturated/α-hetero) is 1. The van der Waals surface area contributed by atoms with Crippen LogP contribution in [0.5, 0.6) is 0 Å². The van der Waals surface area contributed by atoms with Crippen molar-refractivity contribution in [3.8, 4) is 0 Å². The Hall–Kier alpha value is -2.16. The van der Waals surface area contributed by atoms with Crippen LogP contribution in [0.15, 0.2) is 0 Å². The first kappa shape index (κ1) is 23.0. The zero-order valence-electron chi connectivity index (χ0n) is 18.7. The maximum absolute atomic E-state index is 13.6. The first-order valence-corrected chi connectivity index (χ1v) is 12.1. The molecular formula is C23H35N3O6. The van der Waals surface area contributed by atoms with Gasteiger partial charge < -0.3 is 15.0 Å². The van der Waals surface area contributed by atoms with E-state index in [0.717, 1.165) is 57.8 Å². The van der Waals surface area contributed by atoms with Crippen LogP contribution >= 0.6 is 0 Å². The Morgan fingerprint density at radius 1 is 1.06 bits per heavy atom. The van der Waals surface area contributed by atoms with Crippen molar-refractivity contribution in [2.45, 2.75) is 82.8 Å². The van der Waals surface area contributed by atoms with Gasteiger partial charge in [-0.2, -0.15) is 0 Å². The highest BCUT2D eigenvalue weighted by atomic mass is 16.6. The van der Waals surface area contributed by atoms with Crippen LogP contribution in [0.1, 0.15) is 70.6 Å². The molecule has 0 aromatic rings. The minimum Gasteiger partial charge on any atom is -0.446 e. The summed E-state index contributed by atoms with van der Waals surface area (Å²) in [6.07, 6.45) is 9.87. The van der Waals surface area contributed by atoms with Gasteiger partial charge in [-0.05, 0) is 56.8 Å². The van der Waals surface area contributed by atoms with Crippen molar-refractivity contribution in [1.82, 2.24) is 15.3 Å². The number of hydroxylamine groups is 2. The first-order valence-electron chi connectivity index (χ1n) is 12.1. The second-order valence-corrected chi connectivity index (χ2v) is 10.0. The normalized spacial score (nSPS) is 30.3. The van der Waals surface area contributed by atoms with E-state index < -0.39 is 17.6 Å². The van der Waals surface area contributed by atoms with E-state index in [4.69, 9.17) is 4.74 Å². The molecule has 0 radical (unpaired) electrons. The van der Waals surface area contributed by atoms with Crippen molar-refractivity contribution >= 4 is 24.2 Å². The quantitative estimate of drug-likeness (QED) is 0.317. The third kappa shape index (κ3) is 4.77. The molecule has 0 bridgehead atoms. The van der Waals surface area contributed by atoms with E-state index >= 15 is 0 Å². The standard InChI is InChI=1S/C23H35N3O6/c27-15-25(31)14-23(12-18(23)16-6-1-2-7-16)21(29)26-11-5-10-19(26)20(28)13-24-22(30)32-17-8-3-4-9-17/h15-19,31H,1-14H2,(H,24,30)/t18?,19-,23+/m0/s1. The first-order chi connectivity index (χ1) is 15.4. The molecule has 1 unspecified atom stereocenters. The molecular weight excluding hydrogens is 414 g/mol. The fraction of sp³-hybridized carbons (Fsp3) is 0.826. The Kier molecular flexibility index (Phi) is 7.02. The topological polar surface area (TPSA) is 116 Å². The van der Waals surface area contributed by atoms with Gasteiger partial charge in [0.2, 0.25) is 12.3 Å². The molecule has 4 aliphatic rings. The van der Waals surface area contributed by atoms with Crippen molar-refractivity contribution in [3.05, 3.63) is 0 Å². The molecule has 0 aromatic carbocycles. The van der Waals surface area contributed by atoms with Gasteiger partial charge in [-0.3, -0.25) is 19.6 Å². The largest absolute Gasteiger partial charge is 0.446 e. The van der Waals surface area contributed by atoms with Crippen molar-refractivity contribution < 1.29 is 29.1 Å². The molecule has 0 aromatic heterocycles. The van der Waals surface area contributed by atoms with E-state index in [2.05, 4.69) is 5.32 Å². The number of ketones is 1. The SMILES string of the molecule is O=CN(O)C[C@]1(C(=O)N2CCC[C@H]2C(=O)CNC(=O)OC2CCCC2)CC1C1CCCC1. The summed E-state index contributed by atoms with van der Waals surface area (Å²) < 4.78 is 5.34. The summed E-state index contributed by atoms with van der Waals surface area (Å²) in [7, 11) is 0. The molecule has 4 fully saturated rings. The number of nitrogens with one attached hydrogen (secondary N) is 1. The Labute approximate surface area is 188 Å². The van der Waals surface area contributed by atoms with Crippen LogP contribution in [0, 0.1) is 17.3 Å². The Morgan fingerprint density at radius 3 is 2.44 bits per heavy atom. The van der Waals surface area contributed by atoms with Crippen LogP contribution < -0.4 is 5.32 Å². The number of amides is 3. The molecule has 9 heteroatoms. The minimum atomic E-state index is -0.803. The molecule has 3 saturated carbocycles. The maximum atomic E-state index is 13.6. The summed E-state index contributed by atoms with van der Waals surface area (Å²) in [6, 6.07) is -0.584. The highest BCUT2D eigenvalue weighted by Crippen LogP contribution is 2.61. The molecule has 9 nitrogen and oxygen atoms in total. The molecule has 3 atom stereocenters. The Balaban J connectivity index is 1.37. The summed E-state index contributed by atoms with van der Waals surface area (Å²) in [5.41, 5.74) is -0.803.